The highest BCUT2D eigenvalue weighted by atomic mass is 16.4. The van der Waals surface area contributed by atoms with Gasteiger partial charge in [-0.05, 0) is 19.2 Å². The summed E-state index contributed by atoms with van der Waals surface area (Å²) in [5.41, 5.74) is 2.26. The van der Waals surface area contributed by atoms with Crippen molar-refractivity contribution in [2.75, 3.05) is 44.7 Å². The van der Waals surface area contributed by atoms with Gasteiger partial charge in [-0.15, -0.1) is 0 Å². The van der Waals surface area contributed by atoms with Gasteiger partial charge in [0.1, 0.15) is 18.1 Å². The van der Waals surface area contributed by atoms with Crippen molar-refractivity contribution >= 4 is 28.8 Å². The third-order valence-electron chi connectivity index (χ3n) is 4.62. The van der Waals surface area contributed by atoms with Crippen LogP contribution in [0.2, 0.25) is 0 Å². The second-order valence-corrected chi connectivity index (χ2v) is 6.63. The van der Waals surface area contributed by atoms with Gasteiger partial charge in [0.15, 0.2) is 11.5 Å². The lowest BCUT2D eigenvalue weighted by Crippen LogP contribution is -2.47. The van der Waals surface area contributed by atoms with Crippen LogP contribution in [0.1, 0.15) is 5.89 Å². The van der Waals surface area contributed by atoms with E-state index in [9.17, 15) is 9.59 Å². The van der Waals surface area contributed by atoms with Gasteiger partial charge in [0, 0.05) is 37.9 Å². The third kappa shape index (κ3) is 4.69. The monoisotopic (exact) mass is 386 g/mol. The molecule has 2 heterocycles. The molecule has 1 saturated heterocycles. The Hall–Kier alpha value is -3.32. The van der Waals surface area contributed by atoms with Gasteiger partial charge in [-0.25, -0.2) is 9.78 Å². The Morgan fingerprint density at radius 3 is 2.79 bits per heavy atom. The number of hydrogen-bond acceptors (Lipinski definition) is 7. The van der Waals surface area contributed by atoms with Crippen LogP contribution >= 0.6 is 0 Å². The van der Waals surface area contributed by atoms with Crippen molar-refractivity contribution < 1.29 is 19.1 Å². The first-order valence-electron chi connectivity index (χ1n) is 8.93. The number of rotatable bonds is 6. The van der Waals surface area contributed by atoms with E-state index in [1.165, 1.54) is 0 Å². The molecule has 10 nitrogen and oxygen atoms in total. The molecule has 1 aromatic heterocycles. The fraction of sp³-hybridized carbons (Fsp3) is 0.444. The molecule has 148 valence electrons. The molecule has 3 N–H and O–H groups in total. The molecular formula is C18H22N6O4. The van der Waals surface area contributed by atoms with E-state index in [-0.39, 0.29) is 18.9 Å². The summed E-state index contributed by atoms with van der Waals surface area (Å²) in [6.07, 6.45) is -1.40. The van der Waals surface area contributed by atoms with Crippen LogP contribution in [0.25, 0.3) is 11.1 Å². The molecule has 2 amide bonds. The number of nitrogens with one attached hydrogen (secondary N) is 2. The van der Waals surface area contributed by atoms with E-state index >= 15 is 0 Å². The van der Waals surface area contributed by atoms with Crippen molar-refractivity contribution in [1.29, 1.82) is 5.26 Å². The number of anilines is 1. The lowest BCUT2D eigenvalue weighted by molar-refractivity contribution is -0.122. The molecular weight excluding hydrogens is 364 g/mol. The SMILES string of the molecule is CN1CCN(c2ccc3nc(C[C@H](NC(=O)O)C(=O)NCC#N)oc3c2)CC1. The second kappa shape index (κ2) is 8.58. The van der Waals surface area contributed by atoms with E-state index in [1.54, 1.807) is 6.07 Å². The minimum atomic E-state index is -1.34. The average Bonchev–Trinajstić information content (AvgIpc) is 3.07. The Balaban J connectivity index is 1.75. The number of fused-ring (bicyclic) bond motifs is 1. The molecule has 0 aliphatic carbocycles. The molecule has 3 rings (SSSR count). The summed E-state index contributed by atoms with van der Waals surface area (Å²) in [4.78, 5) is 31.9. The minimum Gasteiger partial charge on any atom is -0.465 e. The summed E-state index contributed by atoms with van der Waals surface area (Å²) in [5, 5.41) is 22.0. The smallest absolute Gasteiger partial charge is 0.405 e. The van der Waals surface area contributed by atoms with Crippen molar-refractivity contribution in [2.45, 2.75) is 12.5 Å². The maximum Gasteiger partial charge on any atom is 0.405 e. The fourth-order valence-electron chi connectivity index (χ4n) is 3.09. The highest BCUT2D eigenvalue weighted by molar-refractivity contribution is 5.85. The zero-order valence-electron chi connectivity index (χ0n) is 15.5. The summed E-state index contributed by atoms with van der Waals surface area (Å²) >= 11 is 0. The second-order valence-electron chi connectivity index (χ2n) is 6.63. The molecule has 1 fully saturated rings. The van der Waals surface area contributed by atoms with Gasteiger partial charge >= 0.3 is 6.09 Å². The first-order chi connectivity index (χ1) is 13.5. The standard InChI is InChI=1S/C18H22N6O4/c1-23-6-8-24(9-7-23)12-2-3-13-15(10-12)28-16(21-13)11-14(22-18(26)27)17(25)20-5-4-19/h2-3,10,14,22H,5-9,11H2,1H3,(H,20,25)(H,26,27)/t14-/m0/s1. The van der Waals surface area contributed by atoms with Crippen LogP contribution in [0.3, 0.4) is 0 Å². The zero-order chi connectivity index (χ0) is 20.1. The van der Waals surface area contributed by atoms with E-state index in [4.69, 9.17) is 14.8 Å². The summed E-state index contributed by atoms with van der Waals surface area (Å²) in [5.74, 6) is -0.360. The van der Waals surface area contributed by atoms with E-state index in [0.717, 1.165) is 31.9 Å². The molecule has 0 unspecified atom stereocenters. The van der Waals surface area contributed by atoms with Crippen LogP contribution in [0, 0.1) is 11.3 Å². The Morgan fingerprint density at radius 2 is 2.11 bits per heavy atom. The summed E-state index contributed by atoms with van der Waals surface area (Å²) < 4.78 is 5.76. The van der Waals surface area contributed by atoms with Crippen molar-refractivity contribution in [3.63, 3.8) is 0 Å². The van der Waals surface area contributed by atoms with E-state index < -0.39 is 18.0 Å². The molecule has 0 spiro atoms. The summed E-state index contributed by atoms with van der Waals surface area (Å²) in [6, 6.07) is 6.42. The van der Waals surface area contributed by atoms with Gasteiger partial charge < -0.3 is 30.0 Å². The number of benzene rings is 1. The molecule has 0 radical (unpaired) electrons. The molecule has 0 bridgehead atoms. The molecule has 1 aliphatic heterocycles. The number of oxazole rings is 1. The molecule has 28 heavy (non-hydrogen) atoms. The number of piperazine rings is 1. The van der Waals surface area contributed by atoms with Crippen molar-refractivity contribution in [2.24, 2.45) is 0 Å². The highest BCUT2D eigenvalue weighted by Crippen LogP contribution is 2.24. The van der Waals surface area contributed by atoms with Crippen LogP contribution in [0.15, 0.2) is 22.6 Å². The van der Waals surface area contributed by atoms with E-state index in [1.807, 2.05) is 18.2 Å². The molecule has 1 aromatic carbocycles. The quantitative estimate of drug-likeness (QED) is 0.607. The van der Waals surface area contributed by atoms with Gasteiger partial charge in [-0.3, -0.25) is 4.79 Å². The molecule has 1 atom stereocenters. The number of hydrogen-bond donors (Lipinski definition) is 3. The molecule has 10 heteroatoms. The van der Waals surface area contributed by atoms with Crippen LogP contribution in [-0.4, -0.2) is 72.8 Å². The first-order valence-corrected chi connectivity index (χ1v) is 8.93. The van der Waals surface area contributed by atoms with Gasteiger partial charge in [-0.1, -0.05) is 0 Å². The average molecular weight is 386 g/mol. The summed E-state index contributed by atoms with van der Waals surface area (Å²) in [6.45, 7) is 3.61. The van der Waals surface area contributed by atoms with E-state index in [0.29, 0.717) is 11.1 Å². The molecule has 2 aromatic rings. The van der Waals surface area contributed by atoms with Crippen molar-refractivity contribution in [1.82, 2.24) is 20.5 Å². The number of carbonyl (C=O) groups excluding carboxylic acids is 1. The normalized spacial score (nSPS) is 15.8. The number of nitrogens with zero attached hydrogens (tertiary/aromatic N) is 4. The number of carboxylic acid groups (broad SMARTS) is 1. The maximum absolute atomic E-state index is 12.1. The third-order valence-corrected chi connectivity index (χ3v) is 4.62. The van der Waals surface area contributed by atoms with Gasteiger partial charge in [0.2, 0.25) is 5.91 Å². The highest BCUT2D eigenvalue weighted by Gasteiger charge is 2.24. The lowest BCUT2D eigenvalue weighted by Gasteiger charge is -2.33. The number of nitriles is 1. The summed E-state index contributed by atoms with van der Waals surface area (Å²) in [7, 11) is 2.09. The number of likely N-dealkylation sites (N-methyl/N-ethyl adjacent to an activating group) is 1. The number of carbonyl (C=O) groups is 2. The predicted octanol–water partition coefficient (Wildman–Crippen LogP) is 0.398. The Bertz CT molecular complexity index is 897. The molecule has 1 aliphatic rings. The Kier molecular flexibility index (Phi) is 5.96. The number of aromatic nitrogens is 1. The van der Waals surface area contributed by atoms with Crippen LogP contribution in [0.5, 0.6) is 0 Å². The van der Waals surface area contributed by atoms with Crippen molar-refractivity contribution in [3.8, 4) is 6.07 Å². The Labute approximate surface area is 161 Å². The lowest BCUT2D eigenvalue weighted by atomic mass is 10.2. The Morgan fingerprint density at radius 1 is 1.36 bits per heavy atom. The fourth-order valence-corrected chi connectivity index (χ4v) is 3.09. The minimum absolute atomic E-state index is 0.0535. The van der Waals surface area contributed by atoms with Crippen LogP contribution < -0.4 is 15.5 Å². The van der Waals surface area contributed by atoms with Gasteiger partial charge in [0.25, 0.3) is 0 Å². The largest absolute Gasteiger partial charge is 0.465 e. The zero-order valence-corrected chi connectivity index (χ0v) is 15.5. The predicted molar refractivity (Wildman–Crippen MR) is 101 cm³/mol. The van der Waals surface area contributed by atoms with Gasteiger partial charge in [-0.2, -0.15) is 5.26 Å². The van der Waals surface area contributed by atoms with Crippen LogP contribution in [0.4, 0.5) is 10.5 Å². The van der Waals surface area contributed by atoms with Gasteiger partial charge in [0.05, 0.1) is 12.5 Å². The first kappa shape index (κ1) is 19.4. The maximum atomic E-state index is 12.1. The molecule has 0 saturated carbocycles. The topological polar surface area (TPSA) is 135 Å². The van der Waals surface area contributed by atoms with Crippen LogP contribution in [-0.2, 0) is 11.2 Å². The number of amides is 2. The van der Waals surface area contributed by atoms with E-state index in [2.05, 4.69) is 32.5 Å². The van der Waals surface area contributed by atoms with Crippen molar-refractivity contribution in [3.05, 3.63) is 24.1 Å².